The Kier molecular flexibility index (Phi) is 6.04. The second kappa shape index (κ2) is 8.66. The van der Waals surface area contributed by atoms with Gasteiger partial charge in [-0.2, -0.15) is 0 Å². The molecule has 0 aliphatic rings. The first kappa shape index (κ1) is 20.2. The van der Waals surface area contributed by atoms with Crippen molar-refractivity contribution >= 4 is 35.0 Å². The molecule has 3 aromatic rings. The SMILES string of the molecule is CCc1ccc(C=c2sc(=CC(=O)c3ccc(OC)cc3)[nH]c2=O)cc1[N+](=O)[O-]. The minimum Gasteiger partial charge on any atom is -0.497 e. The number of thiazole rings is 1. The highest BCUT2D eigenvalue weighted by atomic mass is 32.1. The average molecular weight is 410 g/mol. The van der Waals surface area contributed by atoms with Crippen molar-refractivity contribution in [3.05, 3.63) is 88.8 Å². The van der Waals surface area contributed by atoms with Gasteiger partial charge < -0.3 is 9.72 Å². The predicted molar refractivity (Wildman–Crippen MR) is 112 cm³/mol. The van der Waals surface area contributed by atoms with Gasteiger partial charge in [0.05, 0.1) is 21.2 Å². The van der Waals surface area contributed by atoms with E-state index >= 15 is 0 Å². The number of nitro groups is 1. The van der Waals surface area contributed by atoms with Crippen molar-refractivity contribution in [3.8, 4) is 5.75 Å². The van der Waals surface area contributed by atoms with E-state index in [1.807, 2.05) is 6.92 Å². The standard InChI is InChI=1S/C21H18N2O5S/c1-3-14-5-4-13(10-17(14)23(26)27)11-19-21(25)22-20(29-19)12-18(24)15-6-8-16(28-2)9-7-15/h4-12H,3H2,1-2H3,(H,22,25). The molecule has 0 unspecified atom stereocenters. The molecule has 7 nitrogen and oxygen atoms in total. The Hall–Kier alpha value is -3.52. The zero-order valence-electron chi connectivity index (χ0n) is 15.8. The zero-order valence-corrected chi connectivity index (χ0v) is 16.6. The quantitative estimate of drug-likeness (QED) is 0.382. The highest BCUT2D eigenvalue weighted by Crippen LogP contribution is 2.21. The van der Waals surface area contributed by atoms with Gasteiger partial charge in [-0.1, -0.05) is 19.1 Å². The number of nitro benzene ring substituents is 1. The summed E-state index contributed by atoms with van der Waals surface area (Å²) in [6.07, 6.45) is 3.47. The third-order valence-electron chi connectivity index (χ3n) is 4.30. The molecule has 2 aromatic carbocycles. The van der Waals surface area contributed by atoms with Crippen LogP contribution in [-0.4, -0.2) is 22.8 Å². The Labute approximate surface area is 169 Å². The second-order valence-electron chi connectivity index (χ2n) is 6.16. The molecule has 29 heavy (non-hydrogen) atoms. The monoisotopic (exact) mass is 410 g/mol. The lowest BCUT2D eigenvalue weighted by molar-refractivity contribution is -0.385. The summed E-state index contributed by atoms with van der Waals surface area (Å²) in [7, 11) is 1.54. The molecule has 0 bridgehead atoms. The molecule has 1 N–H and O–H groups in total. The highest BCUT2D eigenvalue weighted by Gasteiger charge is 2.12. The summed E-state index contributed by atoms with van der Waals surface area (Å²) >= 11 is 1.11. The summed E-state index contributed by atoms with van der Waals surface area (Å²) in [5, 5.41) is 11.2. The highest BCUT2D eigenvalue weighted by molar-refractivity contribution is 7.07. The number of H-pyrrole nitrogens is 1. The molecule has 3 rings (SSSR count). The van der Waals surface area contributed by atoms with Crippen LogP contribution in [0.2, 0.25) is 0 Å². The largest absolute Gasteiger partial charge is 0.497 e. The molecule has 8 heteroatoms. The summed E-state index contributed by atoms with van der Waals surface area (Å²) in [6.45, 7) is 1.84. The molecule has 0 spiro atoms. The van der Waals surface area contributed by atoms with E-state index in [0.29, 0.717) is 38.1 Å². The van der Waals surface area contributed by atoms with Crippen LogP contribution in [0.25, 0.3) is 12.2 Å². The molecule has 0 saturated carbocycles. The Balaban J connectivity index is 1.96. The van der Waals surface area contributed by atoms with Crippen molar-refractivity contribution in [2.45, 2.75) is 13.3 Å². The summed E-state index contributed by atoms with van der Waals surface area (Å²) in [6, 6.07) is 11.5. The molecule has 0 fully saturated rings. The zero-order chi connectivity index (χ0) is 21.0. The van der Waals surface area contributed by atoms with Crippen LogP contribution in [0.5, 0.6) is 5.75 Å². The van der Waals surface area contributed by atoms with Crippen LogP contribution >= 0.6 is 11.3 Å². The van der Waals surface area contributed by atoms with Gasteiger partial charge in [0.1, 0.15) is 5.75 Å². The fourth-order valence-corrected chi connectivity index (χ4v) is 3.66. The third-order valence-corrected chi connectivity index (χ3v) is 5.26. The number of ketones is 1. The normalized spacial score (nSPS) is 12.2. The maximum absolute atomic E-state index is 12.4. The van der Waals surface area contributed by atoms with Gasteiger partial charge in [0.2, 0.25) is 0 Å². The van der Waals surface area contributed by atoms with Crippen molar-refractivity contribution in [1.82, 2.24) is 4.98 Å². The number of carbonyl (C=O) groups excluding carboxylic acids is 1. The van der Waals surface area contributed by atoms with Gasteiger partial charge in [-0.25, -0.2) is 0 Å². The molecule has 0 radical (unpaired) electrons. The number of nitrogens with one attached hydrogen (secondary N) is 1. The van der Waals surface area contributed by atoms with Crippen LogP contribution in [0.3, 0.4) is 0 Å². The van der Waals surface area contributed by atoms with E-state index in [1.54, 1.807) is 49.6 Å². The van der Waals surface area contributed by atoms with Crippen LogP contribution in [0, 0.1) is 10.1 Å². The van der Waals surface area contributed by atoms with E-state index in [4.69, 9.17) is 4.74 Å². The fourth-order valence-electron chi connectivity index (χ4n) is 2.77. The topological polar surface area (TPSA) is 102 Å². The van der Waals surface area contributed by atoms with Gasteiger partial charge >= 0.3 is 0 Å². The Morgan fingerprint density at radius 1 is 1.24 bits per heavy atom. The molecule has 0 atom stereocenters. The van der Waals surface area contributed by atoms with E-state index in [0.717, 1.165) is 11.3 Å². The molecule has 0 aliphatic heterocycles. The van der Waals surface area contributed by atoms with Crippen LogP contribution in [0.15, 0.2) is 47.3 Å². The summed E-state index contributed by atoms with van der Waals surface area (Å²) in [5.41, 5.74) is 1.32. The molecule has 0 aliphatic carbocycles. The third kappa shape index (κ3) is 4.67. The van der Waals surface area contributed by atoms with Crippen molar-refractivity contribution in [1.29, 1.82) is 0 Å². The van der Waals surface area contributed by atoms with E-state index in [-0.39, 0.29) is 17.0 Å². The second-order valence-corrected chi connectivity index (χ2v) is 7.25. The Morgan fingerprint density at radius 3 is 2.59 bits per heavy atom. The number of rotatable bonds is 6. The van der Waals surface area contributed by atoms with Crippen molar-refractivity contribution in [2.75, 3.05) is 7.11 Å². The summed E-state index contributed by atoms with van der Waals surface area (Å²) in [4.78, 5) is 38.1. The van der Waals surface area contributed by atoms with Crippen LogP contribution < -0.4 is 19.5 Å². The van der Waals surface area contributed by atoms with Gasteiger partial charge in [-0.15, -0.1) is 11.3 Å². The number of carbonyl (C=O) groups is 1. The maximum atomic E-state index is 12.4. The van der Waals surface area contributed by atoms with E-state index in [9.17, 15) is 19.7 Å². The van der Waals surface area contributed by atoms with Crippen molar-refractivity contribution in [2.24, 2.45) is 0 Å². The van der Waals surface area contributed by atoms with Gasteiger partial charge in [-0.3, -0.25) is 19.7 Å². The van der Waals surface area contributed by atoms with Gasteiger partial charge in [0.25, 0.3) is 11.2 Å². The maximum Gasteiger partial charge on any atom is 0.273 e. The molecular formula is C21H18N2O5S. The first-order valence-corrected chi connectivity index (χ1v) is 9.61. The molecule has 0 saturated heterocycles. The van der Waals surface area contributed by atoms with Crippen molar-refractivity contribution < 1.29 is 14.5 Å². The lowest BCUT2D eigenvalue weighted by Gasteiger charge is -2.00. The van der Waals surface area contributed by atoms with E-state index in [1.165, 1.54) is 12.1 Å². The number of nitrogens with zero attached hydrogens (tertiary/aromatic N) is 1. The minimum absolute atomic E-state index is 0.0238. The lowest BCUT2D eigenvalue weighted by Crippen LogP contribution is -2.20. The first-order chi connectivity index (χ1) is 13.9. The summed E-state index contributed by atoms with van der Waals surface area (Å²) < 4.78 is 5.83. The van der Waals surface area contributed by atoms with E-state index in [2.05, 4.69) is 4.98 Å². The summed E-state index contributed by atoms with van der Waals surface area (Å²) in [5.74, 6) is 0.394. The Morgan fingerprint density at radius 2 is 1.97 bits per heavy atom. The smallest absolute Gasteiger partial charge is 0.273 e. The molecule has 1 aromatic heterocycles. The minimum atomic E-state index is -0.429. The van der Waals surface area contributed by atoms with Crippen LogP contribution in [-0.2, 0) is 6.42 Å². The molecule has 1 heterocycles. The average Bonchev–Trinajstić information content (AvgIpc) is 3.06. The van der Waals surface area contributed by atoms with Crippen LogP contribution in [0.1, 0.15) is 28.4 Å². The van der Waals surface area contributed by atoms with E-state index < -0.39 is 4.92 Å². The van der Waals surface area contributed by atoms with Crippen LogP contribution in [0.4, 0.5) is 5.69 Å². The molecule has 0 amide bonds. The number of benzene rings is 2. The number of ether oxygens (including phenoxy) is 1. The predicted octanol–water partition coefficient (Wildman–Crippen LogP) is 2.41. The number of aryl methyl sites for hydroxylation is 1. The first-order valence-electron chi connectivity index (χ1n) is 8.79. The fraction of sp³-hybridized carbons (Fsp3) is 0.143. The number of aromatic amines is 1. The van der Waals surface area contributed by atoms with Crippen molar-refractivity contribution in [3.63, 3.8) is 0 Å². The van der Waals surface area contributed by atoms with Gasteiger partial charge in [0.15, 0.2) is 5.78 Å². The molecule has 148 valence electrons. The number of methoxy groups -OCH3 is 1. The molecular weight excluding hydrogens is 392 g/mol. The Bertz CT molecular complexity index is 1240. The number of hydrogen-bond acceptors (Lipinski definition) is 6. The lowest BCUT2D eigenvalue weighted by atomic mass is 10.1. The number of Topliss-reactive ketones (excluding diaryl/α,β-unsaturated/α-hetero) is 1. The van der Waals surface area contributed by atoms with Gasteiger partial charge in [0, 0.05) is 23.3 Å². The number of hydrogen-bond donors (Lipinski definition) is 1. The van der Waals surface area contributed by atoms with Gasteiger partial charge in [-0.05, 0) is 42.3 Å². The number of aromatic nitrogens is 1.